The highest BCUT2D eigenvalue weighted by Gasteiger charge is 2.26. The predicted molar refractivity (Wildman–Crippen MR) is 75.1 cm³/mol. The van der Waals surface area contributed by atoms with Crippen LogP contribution in [0.15, 0.2) is 39.9 Å². The number of unbranched alkanes of at least 4 members (excludes halogenated alkanes) is 2. The average molecular weight is 258 g/mol. The van der Waals surface area contributed by atoms with Gasteiger partial charge in [-0.15, -0.1) is 0 Å². The van der Waals surface area contributed by atoms with Gasteiger partial charge in [0.1, 0.15) is 6.10 Å². The van der Waals surface area contributed by atoms with Crippen molar-refractivity contribution >= 4 is 0 Å². The molecule has 19 heavy (non-hydrogen) atoms. The van der Waals surface area contributed by atoms with E-state index in [4.69, 9.17) is 0 Å². The standard InChI is InChI=1S/C16H18O3/c1-2-3-5-10-12-13(16(19)15(12)18)14(17)11-8-6-4-7-9-11/h4,6-9,14,17H,2-3,5,10H2,1H3. The molecule has 0 aliphatic rings. The fourth-order valence-corrected chi connectivity index (χ4v) is 2.35. The molecule has 0 aliphatic carbocycles. The molecular formula is C16H18O3. The summed E-state index contributed by atoms with van der Waals surface area (Å²) in [5.74, 6) is 0. The first-order chi connectivity index (χ1) is 9.16. The third-order valence-electron chi connectivity index (χ3n) is 3.47. The number of hydrogen-bond donors (Lipinski definition) is 1. The molecule has 1 atom stereocenters. The number of benzene rings is 1. The van der Waals surface area contributed by atoms with Gasteiger partial charge < -0.3 is 5.11 Å². The van der Waals surface area contributed by atoms with Crippen LogP contribution in [0.25, 0.3) is 0 Å². The van der Waals surface area contributed by atoms with Crippen LogP contribution in [0, 0.1) is 0 Å². The molecule has 0 heterocycles. The van der Waals surface area contributed by atoms with Crippen LogP contribution >= 0.6 is 0 Å². The van der Waals surface area contributed by atoms with Crippen LogP contribution in [-0.4, -0.2) is 5.11 Å². The summed E-state index contributed by atoms with van der Waals surface area (Å²) in [6.07, 6.45) is 2.60. The zero-order valence-corrected chi connectivity index (χ0v) is 11.1. The Hall–Kier alpha value is -1.74. The molecule has 100 valence electrons. The Morgan fingerprint density at radius 3 is 2.37 bits per heavy atom. The summed E-state index contributed by atoms with van der Waals surface area (Å²) in [6.45, 7) is 2.09. The Kier molecular flexibility index (Phi) is 4.27. The third-order valence-corrected chi connectivity index (χ3v) is 3.47. The molecule has 0 spiro atoms. The minimum absolute atomic E-state index is 0.298. The summed E-state index contributed by atoms with van der Waals surface area (Å²) >= 11 is 0. The molecule has 0 bridgehead atoms. The lowest BCUT2D eigenvalue weighted by atomic mass is 9.89. The highest BCUT2D eigenvalue weighted by molar-refractivity contribution is 5.40. The number of hydrogen-bond acceptors (Lipinski definition) is 3. The first kappa shape index (κ1) is 13.7. The van der Waals surface area contributed by atoms with E-state index in [0.717, 1.165) is 19.3 Å². The molecule has 1 unspecified atom stereocenters. The van der Waals surface area contributed by atoms with Gasteiger partial charge in [-0.3, -0.25) is 9.59 Å². The summed E-state index contributed by atoms with van der Waals surface area (Å²) < 4.78 is 0. The van der Waals surface area contributed by atoms with Gasteiger partial charge in [0.2, 0.25) is 10.9 Å². The van der Waals surface area contributed by atoms with Gasteiger partial charge in [-0.1, -0.05) is 50.1 Å². The van der Waals surface area contributed by atoms with Crippen LogP contribution in [-0.2, 0) is 6.42 Å². The van der Waals surface area contributed by atoms with Crippen LogP contribution in [0.2, 0.25) is 0 Å². The second-order valence-corrected chi connectivity index (χ2v) is 4.82. The highest BCUT2D eigenvalue weighted by Crippen LogP contribution is 2.22. The van der Waals surface area contributed by atoms with Gasteiger partial charge in [0, 0.05) is 11.1 Å². The van der Waals surface area contributed by atoms with Gasteiger partial charge in [0.05, 0.1) is 0 Å². The lowest BCUT2D eigenvalue weighted by Gasteiger charge is -2.16. The fraction of sp³-hybridized carbons (Fsp3) is 0.375. The van der Waals surface area contributed by atoms with E-state index in [2.05, 4.69) is 6.92 Å². The lowest BCUT2D eigenvalue weighted by molar-refractivity contribution is 0.216. The summed E-state index contributed by atoms with van der Waals surface area (Å²) in [6, 6.07) is 8.98. The molecule has 2 rings (SSSR count). The van der Waals surface area contributed by atoms with Gasteiger partial charge in [0.25, 0.3) is 0 Å². The second kappa shape index (κ2) is 5.93. The largest absolute Gasteiger partial charge is 0.383 e. The van der Waals surface area contributed by atoms with Crippen molar-refractivity contribution in [3.63, 3.8) is 0 Å². The van der Waals surface area contributed by atoms with Gasteiger partial charge in [-0.05, 0) is 18.4 Å². The molecule has 3 heteroatoms. The molecule has 2 aromatic rings. The van der Waals surface area contributed by atoms with E-state index in [1.54, 1.807) is 24.3 Å². The van der Waals surface area contributed by atoms with Gasteiger partial charge in [0.15, 0.2) is 0 Å². The molecule has 0 saturated heterocycles. The minimum Gasteiger partial charge on any atom is -0.383 e. The number of rotatable bonds is 6. The van der Waals surface area contributed by atoms with E-state index in [1.165, 1.54) is 0 Å². The van der Waals surface area contributed by atoms with Crippen molar-refractivity contribution in [1.82, 2.24) is 0 Å². The number of aliphatic hydroxyl groups is 1. The Morgan fingerprint density at radius 2 is 1.74 bits per heavy atom. The molecule has 0 aliphatic heterocycles. The van der Waals surface area contributed by atoms with Crippen molar-refractivity contribution in [1.29, 1.82) is 0 Å². The zero-order valence-electron chi connectivity index (χ0n) is 11.1. The minimum atomic E-state index is -0.969. The van der Waals surface area contributed by atoms with Crippen LogP contribution in [0.1, 0.15) is 49.0 Å². The van der Waals surface area contributed by atoms with E-state index < -0.39 is 17.0 Å². The van der Waals surface area contributed by atoms with E-state index in [0.29, 0.717) is 23.1 Å². The van der Waals surface area contributed by atoms with E-state index in [9.17, 15) is 14.7 Å². The monoisotopic (exact) mass is 258 g/mol. The lowest BCUT2D eigenvalue weighted by Crippen LogP contribution is -2.41. The maximum Gasteiger partial charge on any atom is 0.232 e. The zero-order chi connectivity index (χ0) is 13.8. The first-order valence-corrected chi connectivity index (χ1v) is 6.72. The van der Waals surface area contributed by atoms with E-state index in [1.807, 2.05) is 6.07 Å². The second-order valence-electron chi connectivity index (χ2n) is 4.82. The fourth-order valence-electron chi connectivity index (χ4n) is 2.35. The smallest absolute Gasteiger partial charge is 0.232 e. The summed E-state index contributed by atoms with van der Waals surface area (Å²) in [7, 11) is 0. The Morgan fingerprint density at radius 1 is 1.05 bits per heavy atom. The number of aliphatic hydroxyl groups excluding tert-OH is 1. The maximum atomic E-state index is 11.7. The molecule has 0 saturated carbocycles. The SMILES string of the molecule is CCCCCc1c(C(O)c2ccccc2)c(=O)c1=O. The molecule has 3 nitrogen and oxygen atoms in total. The van der Waals surface area contributed by atoms with Crippen molar-refractivity contribution in [2.24, 2.45) is 0 Å². The summed E-state index contributed by atoms with van der Waals surface area (Å²) in [4.78, 5) is 23.2. The molecule has 0 fully saturated rings. The van der Waals surface area contributed by atoms with Crippen LogP contribution in [0.4, 0.5) is 0 Å². The Bertz CT molecular complexity index is 606. The quantitative estimate of drug-likeness (QED) is 0.637. The molecule has 0 amide bonds. The Balaban J connectivity index is 2.23. The average Bonchev–Trinajstić information content (AvgIpc) is 2.46. The van der Waals surface area contributed by atoms with Gasteiger partial charge in [-0.2, -0.15) is 0 Å². The predicted octanol–water partition coefficient (Wildman–Crippen LogP) is 2.10. The molecular weight excluding hydrogens is 240 g/mol. The van der Waals surface area contributed by atoms with Crippen molar-refractivity contribution in [2.75, 3.05) is 0 Å². The van der Waals surface area contributed by atoms with Crippen molar-refractivity contribution in [3.8, 4) is 0 Å². The first-order valence-electron chi connectivity index (χ1n) is 6.72. The molecule has 1 N–H and O–H groups in total. The third kappa shape index (κ3) is 2.66. The van der Waals surface area contributed by atoms with Crippen LogP contribution in [0.5, 0.6) is 0 Å². The van der Waals surface area contributed by atoms with Crippen molar-refractivity contribution < 1.29 is 5.11 Å². The molecule has 2 aromatic carbocycles. The van der Waals surface area contributed by atoms with Crippen molar-refractivity contribution in [3.05, 3.63) is 67.5 Å². The summed E-state index contributed by atoms with van der Waals surface area (Å²) in [5.41, 5.74) is 0.539. The van der Waals surface area contributed by atoms with Gasteiger partial charge >= 0.3 is 0 Å². The van der Waals surface area contributed by atoms with Crippen LogP contribution < -0.4 is 10.9 Å². The van der Waals surface area contributed by atoms with E-state index in [-0.39, 0.29) is 0 Å². The molecule has 0 radical (unpaired) electrons. The Labute approximate surface area is 112 Å². The topological polar surface area (TPSA) is 54.4 Å². The highest BCUT2D eigenvalue weighted by atomic mass is 16.3. The van der Waals surface area contributed by atoms with E-state index >= 15 is 0 Å². The maximum absolute atomic E-state index is 11.7. The normalized spacial score (nSPS) is 12.7. The van der Waals surface area contributed by atoms with Crippen molar-refractivity contribution in [2.45, 2.75) is 38.7 Å². The molecule has 0 aromatic heterocycles. The van der Waals surface area contributed by atoms with Gasteiger partial charge in [-0.25, -0.2) is 0 Å². The van der Waals surface area contributed by atoms with Crippen LogP contribution in [0.3, 0.4) is 0 Å². The summed E-state index contributed by atoms with van der Waals surface area (Å²) in [5, 5.41) is 10.2.